The third-order valence-electron chi connectivity index (χ3n) is 4.33. The van der Waals surface area contributed by atoms with E-state index < -0.39 is 0 Å². The van der Waals surface area contributed by atoms with Gasteiger partial charge in [0, 0.05) is 30.9 Å². The molecule has 1 aliphatic rings. The molecule has 0 N–H and O–H groups in total. The van der Waals surface area contributed by atoms with Crippen molar-refractivity contribution in [3.05, 3.63) is 52.3 Å². The van der Waals surface area contributed by atoms with E-state index >= 15 is 0 Å². The van der Waals surface area contributed by atoms with Gasteiger partial charge in [-0.15, -0.1) is 0 Å². The number of aromatic nitrogens is 2. The van der Waals surface area contributed by atoms with Crippen LogP contribution in [0.15, 0.2) is 41.1 Å². The lowest BCUT2D eigenvalue weighted by atomic mass is 9.90. The number of hydrogen-bond donors (Lipinski definition) is 0. The minimum Gasteiger partial charge on any atom is -0.337 e. The SMILES string of the molecule is CC[C@@H]1[C@H](c2ccc(C)cc2)CCN1c1ncc(Br)cn1. The zero-order chi connectivity index (χ0) is 14.8. The highest BCUT2D eigenvalue weighted by Gasteiger charge is 2.35. The van der Waals surface area contributed by atoms with E-state index in [2.05, 4.69) is 68.9 Å². The third kappa shape index (κ3) is 2.95. The van der Waals surface area contributed by atoms with Gasteiger partial charge >= 0.3 is 0 Å². The van der Waals surface area contributed by atoms with Gasteiger partial charge in [0.25, 0.3) is 0 Å². The highest BCUT2D eigenvalue weighted by Crippen LogP contribution is 2.37. The van der Waals surface area contributed by atoms with Gasteiger partial charge in [0.15, 0.2) is 0 Å². The highest BCUT2D eigenvalue weighted by atomic mass is 79.9. The summed E-state index contributed by atoms with van der Waals surface area (Å²) >= 11 is 3.40. The molecule has 2 aromatic rings. The molecule has 1 aromatic carbocycles. The Labute approximate surface area is 134 Å². The largest absolute Gasteiger partial charge is 0.337 e. The molecule has 1 fully saturated rings. The summed E-state index contributed by atoms with van der Waals surface area (Å²) in [6.45, 7) is 5.42. The number of hydrogen-bond acceptors (Lipinski definition) is 3. The van der Waals surface area contributed by atoms with Crippen LogP contribution < -0.4 is 4.90 Å². The first-order valence-corrected chi connectivity index (χ1v) is 8.29. The van der Waals surface area contributed by atoms with Crippen molar-refractivity contribution in [2.75, 3.05) is 11.4 Å². The first-order valence-electron chi connectivity index (χ1n) is 7.49. The molecule has 21 heavy (non-hydrogen) atoms. The van der Waals surface area contributed by atoms with Crippen molar-refractivity contribution in [1.29, 1.82) is 0 Å². The predicted molar refractivity (Wildman–Crippen MR) is 89.7 cm³/mol. The Morgan fingerprint density at radius 2 is 1.86 bits per heavy atom. The molecular weight excluding hydrogens is 326 g/mol. The summed E-state index contributed by atoms with van der Waals surface area (Å²) in [6, 6.07) is 9.44. The molecule has 2 atom stereocenters. The van der Waals surface area contributed by atoms with E-state index in [1.54, 1.807) is 0 Å². The van der Waals surface area contributed by atoms with Gasteiger partial charge in [-0.2, -0.15) is 0 Å². The number of benzene rings is 1. The monoisotopic (exact) mass is 345 g/mol. The molecule has 1 aliphatic heterocycles. The maximum absolute atomic E-state index is 4.47. The predicted octanol–water partition coefficient (Wildman–Crippen LogP) is 4.32. The van der Waals surface area contributed by atoms with Crippen LogP contribution >= 0.6 is 15.9 Å². The van der Waals surface area contributed by atoms with Crippen LogP contribution in [0, 0.1) is 6.92 Å². The maximum atomic E-state index is 4.47. The summed E-state index contributed by atoms with van der Waals surface area (Å²) in [7, 11) is 0. The first kappa shape index (κ1) is 14.5. The number of nitrogens with zero attached hydrogens (tertiary/aromatic N) is 3. The molecule has 110 valence electrons. The van der Waals surface area contributed by atoms with Crippen molar-refractivity contribution in [1.82, 2.24) is 9.97 Å². The lowest BCUT2D eigenvalue weighted by molar-refractivity contribution is 0.566. The summed E-state index contributed by atoms with van der Waals surface area (Å²) in [5.74, 6) is 1.42. The number of anilines is 1. The van der Waals surface area contributed by atoms with Gasteiger partial charge in [-0.1, -0.05) is 36.8 Å². The van der Waals surface area contributed by atoms with E-state index in [1.165, 1.54) is 17.5 Å². The van der Waals surface area contributed by atoms with E-state index in [0.717, 1.165) is 23.4 Å². The van der Waals surface area contributed by atoms with Crippen LogP contribution in [0.1, 0.15) is 36.8 Å². The number of rotatable bonds is 3. The fraction of sp³-hybridized carbons (Fsp3) is 0.412. The topological polar surface area (TPSA) is 29.0 Å². The molecule has 0 radical (unpaired) electrons. The summed E-state index contributed by atoms with van der Waals surface area (Å²) in [6.07, 6.45) is 5.93. The van der Waals surface area contributed by atoms with Crippen molar-refractivity contribution in [3.63, 3.8) is 0 Å². The third-order valence-corrected chi connectivity index (χ3v) is 4.74. The average molecular weight is 346 g/mol. The van der Waals surface area contributed by atoms with Crippen molar-refractivity contribution >= 4 is 21.9 Å². The quantitative estimate of drug-likeness (QED) is 0.829. The Morgan fingerprint density at radius 3 is 2.48 bits per heavy atom. The standard InChI is InChI=1S/C17H20BrN3/c1-3-16-15(13-6-4-12(2)5-7-13)8-9-21(16)17-19-10-14(18)11-20-17/h4-7,10-11,15-16H,3,8-9H2,1-2H3/t15-,16+/m0/s1. The first-order chi connectivity index (χ1) is 10.2. The Balaban J connectivity index is 1.85. The van der Waals surface area contributed by atoms with E-state index in [-0.39, 0.29) is 0 Å². The molecule has 1 aromatic heterocycles. The van der Waals surface area contributed by atoms with E-state index in [4.69, 9.17) is 0 Å². The van der Waals surface area contributed by atoms with Gasteiger partial charge in [0.1, 0.15) is 0 Å². The summed E-state index contributed by atoms with van der Waals surface area (Å²) in [5.41, 5.74) is 2.75. The summed E-state index contributed by atoms with van der Waals surface area (Å²) in [5, 5.41) is 0. The van der Waals surface area contributed by atoms with Crippen molar-refractivity contribution < 1.29 is 0 Å². The van der Waals surface area contributed by atoms with Crippen LogP contribution in [0.4, 0.5) is 5.95 Å². The van der Waals surface area contributed by atoms with E-state index in [1.807, 2.05) is 12.4 Å². The molecule has 0 amide bonds. The fourth-order valence-electron chi connectivity index (χ4n) is 3.26. The molecule has 1 saturated heterocycles. The molecular formula is C17H20BrN3. The molecule has 0 aliphatic carbocycles. The maximum Gasteiger partial charge on any atom is 0.225 e. The molecule has 0 saturated carbocycles. The highest BCUT2D eigenvalue weighted by molar-refractivity contribution is 9.10. The molecule has 0 bridgehead atoms. The smallest absolute Gasteiger partial charge is 0.225 e. The van der Waals surface area contributed by atoms with Crippen LogP contribution in [0.3, 0.4) is 0 Å². The molecule has 3 nitrogen and oxygen atoms in total. The number of aryl methyl sites for hydroxylation is 1. The molecule has 4 heteroatoms. The fourth-order valence-corrected chi connectivity index (χ4v) is 3.47. The van der Waals surface area contributed by atoms with Crippen molar-refractivity contribution in [2.45, 2.75) is 38.6 Å². The van der Waals surface area contributed by atoms with Crippen LogP contribution in [0.5, 0.6) is 0 Å². The van der Waals surface area contributed by atoms with Crippen molar-refractivity contribution in [3.8, 4) is 0 Å². The van der Waals surface area contributed by atoms with Crippen molar-refractivity contribution in [2.24, 2.45) is 0 Å². The average Bonchev–Trinajstić information content (AvgIpc) is 2.92. The number of halogens is 1. The van der Waals surface area contributed by atoms with Crippen LogP contribution in [-0.2, 0) is 0 Å². The van der Waals surface area contributed by atoms with Gasteiger partial charge in [0.2, 0.25) is 5.95 Å². The molecule has 0 spiro atoms. The van der Waals surface area contributed by atoms with Gasteiger partial charge in [-0.05, 0) is 41.3 Å². The van der Waals surface area contributed by atoms with Crippen LogP contribution in [0.25, 0.3) is 0 Å². The van der Waals surface area contributed by atoms with Gasteiger partial charge in [-0.3, -0.25) is 0 Å². The Bertz CT molecular complexity index is 541. The minimum atomic E-state index is 0.480. The summed E-state index contributed by atoms with van der Waals surface area (Å²) in [4.78, 5) is 11.3. The summed E-state index contributed by atoms with van der Waals surface area (Å²) < 4.78 is 0.925. The zero-order valence-electron chi connectivity index (χ0n) is 12.5. The molecule has 0 unspecified atom stereocenters. The normalized spacial score (nSPS) is 21.8. The Kier molecular flexibility index (Phi) is 4.24. The van der Waals surface area contributed by atoms with Gasteiger partial charge < -0.3 is 4.90 Å². The zero-order valence-corrected chi connectivity index (χ0v) is 14.0. The minimum absolute atomic E-state index is 0.480. The van der Waals surface area contributed by atoms with E-state index in [0.29, 0.717) is 12.0 Å². The Hall–Kier alpha value is -1.42. The second-order valence-corrected chi connectivity index (χ2v) is 6.59. The van der Waals surface area contributed by atoms with E-state index in [9.17, 15) is 0 Å². The Morgan fingerprint density at radius 1 is 1.19 bits per heavy atom. The molecule has 3 rings (SSSR count). The lowest BCUT2D eigenvalue weighted by Crippen LogP contribution is -2.32. The van der Waals surface area contributed by atoms with Gasteiger partial charge in [0.05, 0.1) is 4.47 Å². The molecule has 2 heterocycles. The van der Waals surface area contributed by atoms with Crippen LogP contribution in [0.2, 0.25) is 0 Å². The van der Waals surface area contributed by atoms with Crippen LogP contribution in [-0.4, -0.2) is 22.6 Å². The second-order valence-electron chi connectivity index (χ2n) is 5.68. The second kappa shape index (κ2) is 6.14. The lowest BCUT2D eigenvalue weighted by Gasteiger charge is -2.27. The van der Waals surface area contributed by atoms with Gasteiger partial charge in [-0.25, -0.2) is 9.97 Å².